The van der Waals surface area contributed by atoms with Crippen molar-refractivity contribution in [3.8, 4) is 0 Å². The van der Waals surface area contributed by atoms with Crippen LogP contribution in [0.1, 0.15) is 20.8 Å². The highest BCUT2D eigenvalue weighted by Crippen LogP contribution is 1.92. The third kappa shape index (κ3) is 6.63. The van der Waals surface area contributed by atoms with Crippen LogP contribution in [0.3, 0.4) is 0 Å². The van der Waals surface area contributed by atoms with Crippen LogP contribution in [0.5, 0.6) is 0 Å². The molecule has 62 valence electrons. The number of ether oxygens (including phenoxy) is 1. The van der Waals surface area contributed by atoms with E-state index in [2.05, 4.69) is 15.0 Å². The zero-order valence-electron chi connectivity index (χ0n) is 6.70. The highest BCUT2D eigenvalue weighted by atomic mass is 16.6. The zero-order valence-corrected chi connectivity index (χ0v) is 6.70. The van der Waals surface area contributed by atoms with Crippen molar-refractivity contribution in [2.45, 2.75) is 26.9 Å². The van der Waals surface area contributed by atoms with Crippen LogP contribution in [-0.2, 0) is 9.53 Å². The van der Waals surface area contributed by atoms with Crippen LogP contribution in [0.4, 0.5) is 4.79 Å². The summed E-state index contributed by atoms with van der Waals surface area (Å²) in [6.07, 6.45) is -1.08. The molecule has 0 atom stereocenters. The SMILES string of the molecule is CC(=O)/N=N/C(=O)OC(C)C. The Balaban J connectivity index is 3.78. The Kier molecular flexibility index (Phi) is 4.02. The molecular formula is C6H10N2O3. The molecule has 5 nitrogen and oxygen atoms in total. The van der Waals surface area contributed by atoms with E-state index >= 15 is 0 Å². The van der Waals surface area contributed by atoms with Gasteiger partial charge in [0.1, 0.15) is 0 Å². The molecule has 0 aliphatic heterocycles. The first kappa shape index (κ1) is 9.74. The molecule has 0 fully saturated rings. The third-order valence-corrected chi connectivity index (χ3v) is 0.609. The highest BCUT2D eigenvalue weighted by molar-refractivity contribution is 5.76. The molecule has 0 bridgehead atoms. The smallest absolute Gasteiger partial charge is 0.444 e. The Labute approximate surface area is 64.4 Å². The molecule has 0 N–H and O–H groups in total. The Morgan fingerprint density at radius 3 is 2.18 bits per heavy atom. The molecule has 0 aliphatic carbocycles. The number of hydrogen-bond acceptors (Lipinski definition) is 3. The van der Waals surface area contributed by atoms with Crippen LogP contribution in [0.15, 0.2) is 10.2 Å². The van der Waals surface area contributed by atoms with E-state index in [9.17, 15) is 9.59 Å². The molecule has 0 radical (unpaired) electrons. The molecule has 0 heterocycles. The zero-order chi connectivity index (χ0) is 8.85. The van der Waals surface area contributed by atoms with Crippen LogP contribution in [0.2, 0.25) is 0 Å². The van der Waals surface area contributed by atoms with Gasteiger partial charge in [-0.05, 0) is 13.8 Å². The molecule has 0 rings (SSSR count). The monoisotopic (exact) mass is 158 g/mol. The Bertz CT molecular complexity index is 186. The van der Waals surface area contributed by atoms with Crippen LogP contribution in [0.25, 0.3) is 0 Å². The van der Waals surface area contributed by atoms with Gasteiger partial charge < -0.3 is 4.74 Å². The summed E-state index contributed by atoms with van der Waals surface area (Å²) in [4.78, 5) is 20.7. The number of rotatable bonds is 1. The fourth-order valence-corrected chi connectivity index (χ4v) is 0.336. The topological polar surface area (TPSA) is 68.1 Å². The Hall–Kier alpha value is -1.26. The molecule has 0 aromatic carbocycles. The first-order valence-electron chi connectivity index (χ1n) is 3.15. The van der Waals surface area contributed by atoms with Gasteiger partial charge in [-0.25, -0.2) is 4.79 Å². The minimum Gasteiger partial charge on any atom is -0.444 e. The van der Waals surface area contributed by atoms with Gasteiger partial charge in [0.25, 0.3) is 5.91 Å². The summed E-state index contributed by atoms with van der Waals surface area (Å²) in [6, 6.07) is 0. The largest absolute Gasteiger partial charge is 0.452 e. The number of amides is 2. The molecular weight excluding hydrogens is 148 g/mol. The molecule has 0 aromatic heterocycles. The van der Waals surface area contributed by atoms with E-state index in [0.717, 1.165) is 0 Å². The molecule has 2 amide bonds. The first-order chi connectivity index (χ1) is 5.02. The lowest BCUT2D eigenvalue weighted by molar-refractivity contribution is -0.116. The standard InChI is InChI=1S/C6H10N2O3/c1-4(2)11-6(10)8-7-5(3)9/h4H,1-3H3/b8-7+. The summed E-state index contributed by atoms with van der Waals surface area (Å²) in [7, 11) is 0. The van der Waals surface area contributed by atoms with Crippen molar-refractivity contribution in [3.63, 3.8) is 0 Å². The van der Waals surface area contributed by atoms with Gasteiger partial charge in [0.15, 0.2) is 0 Å². The van der Waals surface area contributed by atoms with Crippen molar-refractivity contribution in [2.24, 2.45) is 10.2 Å². The lowest BCUT2D eigenvalue weighted by Gasteiger charge is -2.01. The van der Waals surface area contributed by atoms with Crippen LogP contribution in [-0.4, -0.2) is 18.1 Å². The third-order valence-electron chi connectivity index (χ3n) is 0.609. The number of hydrogen-bond donors (Lipinski definition) is 0. The van der Waals surface area contributed by atoms with Crippen LogP contribution < -0.4 is 0 Å². The predicted molar refractivity (Wildman–Crippen MR) is 37.2 cm³/mol. The molecule has 0 aliphatic rings. The molecule has 0 saturated carbocycles. The molecule has 0 spiro atoms. The van der Waals surface area contributed by atoms with E-state index in [1.807, 2.05) is 0 Å². The van der Waals surface area contributed by atoms with Crippen molar-refractivity contribution >= 4 is 12.0 Å². The van der Waals surface area contributed by atoms with E-state index in [0.29, 0.717) is 0 Å². The van der Waals surface area contributed by atoms with Gasteiger partial charge in [-0.15, -0.1) is 5.11 Å². The maximum atomic E-state index is 10.5. The molecule has 0 unspecified atom stereocenters. The summed E-state index contributed by atoms with van der Waals surface area (Å²) < 4.78 is 4.55. The molecule has 11 heavy (non-hydrogen) atoms. The first-order valence-corrected chi connectivity index (χ1v) is 3.15. The van der Waals surface area contributed by atoms with Gasteiger partial charge in [-0.2, -0.15) is 0 Å². The van der Waals surface area contributed by atoms with Crippen molar-refractivity contribution in [1.82, 2.24) is 0 Å². The second-order valence-electron chi connectivity index (χ2n) is 2.15. The van der Waals surface area contributed by atoms with Crippen molar-refractivity contribution in [2.75, 3.05) is 0 Å². The van der Waals surface area contributed by atoms with Gasteiger partial charge in [0, 0.05) is 6.92 Å². The quantitative estimate of drug-likeness (QED) is 0.543. The van der Waals surface area contributed by atoms with E-state index in [1.54, 1.807) is 13.8 Å². The minimum atomic E-state index is -0.838. The fraction of sp³-hybridized carbons (Fsp3) is 0.667. The van der Waals surface area contributed by atoms with Gasteiger partial charge >= 0.3 is 6.09 Å². The van der Waals surface area contributed by atoms with E-state index in [4.69, 9.17) is 0 Å². The summed E-state index contributed by atoms with van der Waals surface area (Å²) in [5, 5.41) is 5.97. The maximum Gasteiger partial charge on any atom is 0.452 e. The summed E-state index contributed by atoms with van der Waals surface area (Å²) in [5.74, 6) is -0.522. The predicted octanol–water partition coefficient (Wildman–Crippen LogP) is 1.53. The lowest BCUT2D eigenvalue weighted by Crippen LogP contribution is -2.06. The fourth-order valence-electron chi connectivity index (χ4n) is 0.336. The summed E-state index contributed by atoms with van der Waals surface area (Å²) in [6.45, 7) is 4.56. The van der Waals surface area contributed by atoms with Gasteiger partial charge in [0.05, 0.1) is 6.10 Å². The van der Waals surface area contributed by atoms with Crippen LogP contribution >= 0.6 is 0 Å². The average molecular weight is 158 g/mol. The Morgan fingerprint density at radius 2 is 1.82 bits per heavy atom. The average Bonchev–Trinajstić information content (AvgIpc) is 1.82. The lowest BCUT2D eigenvalue weighted by atomic mass is 10.5. The number of azo groups is 1. The Morgan fingerprint density at radius 1 is 1.27 bits per heavy atom. The molecule has 5 heteroatoms. The number of carbonyl (C=O) groups excluding carboxylic acids is 2. The second-order valence-corrected chi connectivity index (χ2v) is 2.15. The van der Waals surface area contributed by atoms with E-state index in [1.165, 1.54) is 6.92 Å². The molecule has 0 saturated heterocycles. The molecule has 0 aromatic rings. The van der Waals surface area contributed by atoms with Gasteiger partial charge in [-0.3, -0.25) is 4.79 Å². The van der Waals surface area contributed by atoms with E-state index in [-0.39, 0.29) is 6.10 Å². The summed E-state index contributed by atoms with van der Waals surface area (Å²) in [5.41, 5.74) is 0. The van der Waals surface area contributed by atoms with Crippen molar-refractivity contribution in [3.05, 3.63) is 0 Å². The van der Waals surface area contributed by atoms with Gasteiger partial charge in [-0.1, -0.05) is 5.11 Å². The summed E-state index contributed by atoms with van der Waals surface area (Å²) >= 11 is 0. The van der Waals surface area contributed by atoms with Crippen molar-refractivity contribution in [1.29, 1.82) is 0 Å². The highest BCUT2D eigenvalue weighted by Gasteiger charge is 2.02. The second kappa shape index (κ2) is 4.54. The number of nitrogens with zero attached hydrogens (tertiary/aromatic N) is 2. The van der Waals surface area contributed by atoms with Gasteiger partial charge in [0.2, 0.25) is 0 Å². The van der Waals surface area contributed by atoms with Crippen LogP contribution in [0, 0.1) is 0 Å². The number of carbonyl (C=O) groups is 2. The maximum absolute atomic E-state index is 10.5. The normalized spacial score (nSPS) is 10.5. The van der Waals surface area contributed by atoms with E-state index < -0.39 is 12.0 Å². The minimum absolute atomic E-state index is 0.242. The van der Waals surface area contributed by atoms with Crippen molar-refractivity contribution < 1.29 is 14.3 Å².